The predicted octanol–water partition coefficient (Wildman–Crippen LogP) is 3.15. The summed E-state index contributed by atoms with van der Waals surface area (Å²) in [7, 11) is 1.65. The predicted molar refractivity (Wildman–Crippen MR) is 69.2 cm³/mol. The molecule has 0 bridgehead atoms. The molecule has 86 valence electrons. The van der Waals surface area contributed by atoms with Crippen LogP contribution in [0.15, 0.2) is 47.5 Å². The fourth-order valence-electron chi connectivity index (χ4n) is 1.46. The van der Waals surface area contributed by atoms with E-state index in [9.17, 15) is 0 Å². The van der Waals surface area contributed by atoms with Gasteiger partial charge in [0, 0.05) is 11.9 Å². The van der Waals surface area contributed by atoms with Gasteiger partial charge < -0.3 is 4.74 Å². The Hall–Kier alpha value is -2.16. The maximum Gasteiger partial charge on any atom is 0.152 e. The zero-order valence-corrected chi connectivity index (χ0v) is 9.92. The third-order valence-electron chi connectivity index (χ3n) is 2.31. The Morgan fingerprint density at radius 2 is 2.00 bits per heavy atom. The lowest BCUT2D eigenvalue weighted by molar-refractivity contribution is 0.415. The van der Waals surface area contributed by atoms with Crippen molar-refractivity contribution in [1.82, 2.24) is 4.98 Å². The van der Waals surface area contributed by atoms with Crippen molar-refractivity contribution in [2.24, 2.45) is 4.99 Å². The van der Waals surface area contributed by atoms with Gasteiger partial charge in [-0.25, -0.2) is 9.98 Å². The molecule has 0 fully saturated rings. The summed E-state index contributed by atoms with van der Waals surface area (Å²) in [6.07, 6.45) is 1.78. The lowest BCUT2D eigenvalue weighted by Crippen LogP contribution is -1.86. The second-order valence-corrected chi connectivity index (χ2v) is 3.67. The summed E-state index contributed by atoms with van der Waals surface area (Å²) in [6, 6.07) is 13.5. The monoisotopic (exact) mass is 226 g/mol. The molecule has 0 saturated heterocycles. The van der Waals surface area contributed by atoms with E-state index in [-0.39, 0.29) is 0 Å². The fourth-order valence-corrected chi connectivity index (χ4v) is 1.46. The molecule has 2 rings (SSSR count). The van der Waals surface area contributed by atoms with Crippen LogP contribution in [0, 0.1) is 6.92 Å². The van der Waals surface area contributed by atoms with Crippen LogP contribution in [0.5, 0.6) is 5.75 Å². The SMILES string of the molecule is COc1cccc(/C=N/c2cccc(C)n2)c1. The molecule has 1 aromatic carbocycles. The first-order valence-electron chi connectivity index (χ1n) is 5.40. The standard InChI is InChI=1S/C14H14N2O/c1-11-5-3-8-14(16-11)15-10-12-6-4-7-13(9-12)17-2/h3-10H,1-2H3/b15-10+. The molecule has 0 atom stereocenters. The Morgan fingerprint density at radius 1 is 1.18 bits per heavy atom. The van der Waals surface area contributed by atoms with Crippen LogP contribution in [0.2, 0.25) is 0 Å². The van der Waals surface area contributed by atoms with Gasteiger partial charge in [0.05, 0.1) is 7.11 Å². The molecule has 0 aliphatic heterocycles. The first-order chi connectivity index (χ1) is 8.28. The van der Waals surface area contributed by atoms with E-state index in [0.29, 0.717) is 5.82 Å². The number of rotatable bonds is 3. The second-order valence-electron chi connectivity index (χ2n) is 3.67. The average molecular weight is 226 g/mol. The molecule has 17 heavy (non-hydrogen) atoms. The van der Waals surface area contributed by atoms with Gasteiger partial charge in [-0.05, 0) is 36.8 Å². The number of hydrogen-bond acceptors (Lipinski definition) is 3. The molecule has 0 saturated carbocycles. The van der Waals surface area contributed by atoms with Gasteiger partial charge >= 0.3 is 0 Å². The van der Waals surface area contributed by atoms with Gasteiger partial charge in [0.15, 0.2) is 5.82 Å². The molecule has 0 unspecified atom stereocenters. The average Bonchev–Trinajstić information content (AvgIpc) is 2.37. The summed E-state index contributed by atoms with van der Waals surface area (Å²) < 4.78 is 5.15. The molecule has 1 aromatic heterocycles. The third kappa shape index (κ3) is 3.14. The van der Waals surface area contributed by atoms with E-state index in [1.165, 1.54) is 0 Å². The van der Waals surface area contributed by atoms with Crippen LogP contribution < -0.4 is 4.74 Å². The highest BCUT2D eigenvalue weighted by atomic mass is 16.5. The zero-order valence-electron chi connectivity index (χ0n) is 9.92. The summed E-state index contributed by atoms with van der Waals surface area (Å²) >= 11 is 0. The smallest absolute Gasteiger partial charge is 0.152 e. The summed E-state index contributed by atoms with van der Waals surface area (Å²) in [5.41, 5.74) is 1.96. The molecular weight excluding hydrogens is 212 g/mol. The number of hydrogen-bond donors (Lipinski definition) is 0. The first kappa shape index (κ1) is 11.3. The highest BCUT2D eigenvalue weighted by Gasteiger charge is 1.93. The number of benzene rings is 1. The highest BCUT2D eigenvalue weighted by molar-refractivity contribution is 5.82. The van der Waals surface area contributed by atoms with E-state index in [1.54, 1.807) is 13.3 Å². The summed E-state index contributed by atoms with van der Waals surface area (Å²) in [4.78, 5) is 8.62. The minimum atomic E-state index is 0.716. The Bertz CT molecular complexity index is 535. The number of aliphatic imine (C=N–C) groups is 1. The highest BCUT2D eigenvalue weighted by Crippen LogP contribution is 2.12. The molecule has 2 aromatic rings. The Balaban J connectivity index is 2.19. The van der Waals surface area contributed by atoms with Gasteiger partial charge in [-0.1, -0.05) is 18.2 Å². The van der Waals surface area contributed by atoms with Crippen LogP contribution in [0.25, 0.3) is 0 Å². The van der Waals surface area contributed by atoms with E-state index in [2.05, 4.69) is 9.98 Å². The van der Waals surface area contributed by atoms with E-state index < -0.39 is 0 Å². The minimum Gasteiger partial charge on any atom is -0.497 e. The Labute approximate surface area is 101 Å². The van der Waals surface area contributed by atoms with E-state index in [4.69, 9.17) is 4.74 Å². The van der Waals surface area contributed by atoms with E-state index >= 15 is 0 Å². The third-order valence-corrected chi connectivity index (χ3v) is 2.31. The summed E-state index contributed by atoms with van der Waals surface area (Å²) in [6.45, 7) is 1.95. The lowest BCUT2D eigenvalue weighted by Gasteiger charge is -1.99. The van der Waals surface area contributed by atoms with E-state index in [0.717, 1.165) is 17.0 Å². The Kier molecular flexibility index (Phi) is 3.50. The molecule has 3 heteroatoms. The quantitative estimate of drug-likeness (QED) is 0.753. The Morgan fingerprint density at radius 3 is 2.76 bits per heavy atom. The lowest BCUT2D eigenvalue weighted by atomic mass is 10.2. The van der Waals surface area contributed by atoms with Crippen LogP contribution in [-0.4, -0.2) is 18.3 Å². The van der Waals surface area contributed by atoms with Crippen molar-refractivity contribution in [1.29, 1.82) is 0 Å². The summed E-state index contributed by atoms with van der Waals surface area (Å²) in [5, 5.41) is 0. The normalized spacial score (nSPS) is 10.7. The van der Waals surface area contributed by atoms with Gasteiger partial charge in [-0.15, -0.1) is 0 Å². The number of ether oxygens (including phenoxy) is 1. The van der Waals surface area contributed by atoms with Crippen molar-refractivity contribution in [3.63, 3.8) is 0 Å². The van der Waals surface area contributed by atoms with Gasteiger partial charge in [-0.3, -0.25) is 0 Å². The molecule has 0 aliphatic rings. The van der Waals surface area contributed by atoms with Crippen LogP contribution >= 0.6 is 0 Å². The molecule has 0 aliphatic carbocycles. The van der Waals surface area contributed by atoms with E-state index in [1.807, 2.05) is 49.4 Å². The van der Waals surface area contributed by atoms with Gasteiger partial charge in [0.25, 0.3) is 0 Å². The molecule has 0 radical (unpaired) electrons. The zero-order chi connectivity index (χ0) is 12.1. The van der Waals surface area contributed by atoms with Gasteiger partial charge in [-0.2, -0.15) is 0 Å². The van der Waals surface area contributed by atoms with Gasteiger partial charge in [0.2, 0.25) is 0 Å². The van der Waals surface area contributed by atoms with Crippen molar-refractivity contribution in [3.8, 4) is 5.75 Å². The molecule has 0 spiro atoms. The number of aryl methyl sites for hydroxylation is 1. The second kappa shape index (κ2) is 5.25. The van der Waals surface area contributed by atoms with Crippen molar-refractivity contribution in [3.05, 3.63) is 53.7 Å². The van der Waals surface area contributed by atoms with Crippen molar-refractivity contribution < 1.29 is 4.74 Å². The van der Waals surface area contributed by atoms with Crippen LogP contribution in [0.1, 0.15) is 11.3 Å². The van der Waals surface area contributed by atoms with Crippen LogP contribution in [0.3, 0.4) is 0 Å². The molecule has 0 amide bonds. The van der Waals surface area contributed by atoms with Crippen molar-refractivity contribution in [2.45, 2.75) is 6.92 Å². The molecule has 0 N–H and O–H groups in total. The fraction of sp³-hybridized carbons (Fsp3) is 0.143. The number of aromatic nitrogens is 1. The number of pyridine rings is 1. The topological polar surface area (TPSA) is 34.5 Å². The minimum absolute atomic E-state index is 0.716. The first-order valence-corrected chi connectivity index (χ1v) is 5.40. The molecular formula is C14H14N2O. The van der Waals surface area contributed by atoms with Crippen molar-refractivity contribution >= 4 is 12.0 Å². The maximum absolute atomic E-state index is 5.15. The van der Waals surface area contributed by atoms with Crippen LogP contribution in [0.4, 0.5) is 5.82 Å². The largest absolute Gasteiger partial charge is 0.497 e. The van der Waals surface area contributed by atoms with Crippen LogP contribution in [-0.2, 0) is 0 Å². The van der Waals surface area contributed by atoms with Crippen molar-refractivity contribution in [2.75, 3.05) is 7.11 Å². The number of nitrogens with zero attached hydrogens (tertiary/aromatic N) is 2. The molecule has 3 nitrogen and oxygen atoms in total. The van der Waals surface area contributed by atoms with Gasteiger partial charge in [0.1, 0.15) is 5.75 Å². The molecule has 1 heterocycles. The summed E-state index contributed by atoms with van der Waals surface area (Å²) in [5.74, 6) is 1.54. The number of methoxy groups -OCH3 is 1. The maximum atomic E-state index is 5.15.